The molecule has 3 heterocycles. The summed E-state index contributed by atoms with van der Waals surface area (Å²) >= 11 is 0. The predicted molar refractivity (Wildman–Crippen MR) is 115 cm³/mol. The van der Waals surface area contributed by atoms with E-state index >= 15 is 0 Å². The molecule has 29 heavy (non-hydrogen) atoms. The summed E-state index contributed by atoms with van der Waals surface area (Å²) in [6, 6.07) is 10.4. The molecule has 1 fully saturated rings. The molecule has 0 atom stereocenters. The molecule has 0 spiro atoms. The second-order valence-electron chi connectivity index (χ2n) is 8.15. The van der Waals surface area contributed by atoms with Crippen molar-refractivity contribution in [1.82, 2.24) is 24.8 Å². The molecule has 0 bridgehead atoms. The number of aromatic amines is 1. The Morgan fingerprint density at radius 1 is 1.31 bits per heavy atom. The number of anilines is 1. The van der Waals surface area contributed by atoms with E-state index in [1.165, 1.54) is 0 Å². The van der Waals surface area contributed by atoms with Gasteiger partial charge in [0, 0.05) is 37.1 Å². The fourth-order valence-corrected chi connectivity index (χ4v) is 3.79. The lowest BCUT2D eigenvalue weighted by atomic mass is 10.1. The molecule has 7 nitrogen and oxygen atoms in total. The molecule has 1 aromatic carbocycles. The molecule has 0 saturated heterocycles. The van der Waals surface area contributed by atoms with Crippen molar-refractivity contribution in [3.8, 4) is 11.3 Å². The Kier molecular flexibility index (Phi) is 3.87. The van der Waals surface area contributed by atoms with Crippen molar-refractivity contribution in [3.63, 3.8) is 0 Å². The number of nitrogens with zero attached hydrogens (tertiary/aromatic N) is 3. The van der Waals surface area contributed by atoms with Crippen LogP contribution in [0.5, 0.6) is 0 Å². The minimum atomic E-state index is -0.153. The number of imidazole rings is 1. The van der Waals surface area contributed by atoms with Crippen LogP contribution in [0.3, 0.4) is 0 Å². The number of pyridine rings is 1. The Bertz CT molecular complexity index is 1250. The number of H-pyrrole nitrogens is 1. The van der Waals surface area contributed by atoms with Crippen LogP contribution in [-0.2, 0) is 18.4 Å². The van der Waals surface area contributed by atoms with Gasteiger partial charge in [0.1, 0.15) is 11.2 Å². The lowest BCUT2D eigenvalue weighted by Crippen LogP contribution is -2.29. The fourth-order valence-electron chi connectivity index (χ4n) is 3.79. The van der Waals surface area contributed by atoms with E-state index in [4.69, 9.17) is 4.98 Å². The first-order chi connectivity index (χ1) is 14.0. The van der Waals surface area contributed by atoms with Gasteiger partial charge in [-0.05, 0) is 36.1 Å². The highest BCUT2D eigenvalue weighted by atomic mass is 16.2. The van der Waals surface area contributed by atoms with Crippen molar-refractivity contribution in [1.29, 1.82) is 0 Å². The number of aromatic nitrogens is 4. The van der Waals surface area contributed by atoms with Crippen LogP contribution in [0.4, 0.5) is 5.82 Å². The fraction of sp³-hybridized carbons (Fsp3) is 0.318. The molecular weight excluding hydrogens is 364 g/mol. The van der Waals surface area contributed by atoms with Gasteiger partial charge in [-0.3, -0.25) is 4.79 Å². The molecule has 3 aromatic heterocycles. The SMILES string of the molecule is CNc1nc2[nH]c(-c3cccc(CNC(=O)C4(C)CC4)c3)cc2c2c1ncn2C. The summed E-state index contributed by atoms with van der Waals surface area (Å²) in [6.45, 7) is 2.56. The van der Waals surface area contributed by atoms with E-state index < -0.39 is 0 Å². The van der Waals surface area contributed by atoms with E-state index in [1.807, 2.05) is 44.0 Å². The lowest BCUT2D eigenvalue weighted by molar-refractivity contribution is -0.125. The van der Waals surface area contributed by atoms with Gasteiger partial charge >= 0.3 is 0 Å². The van der Waals surface area contributed by atoms with Gasteiger partial charge in [0.25, 0.3) is 0 Å². The molecule has 1 aliphatic rings. The molecule has 0 unspecified atom stereocenters. The summed E-state index contributed by atoms with van der Waals surface area (Å²) in [4.78, 5) is 24.8. The van der Waals surface area contributed by atoms with E-state index in [1.54, 1.807) is 0 Å². The minimum absolute atomic E-state index is 0.149. The Morgan fingerprint density at radius 3 is 2.90 bits per heavy atom. The predicted octanol–water partition coefficient (Wildman–Crippen LogP) is 3.57. The molecule has 4 aromatic rings. The van der Waals surface area contributed by atoms with Gasteiger partial charge in [0.05, 0.1) is 11.8 Å². The summed E-state index contributed by atoms with van der Waals surface area (Å²) in [6.07, 6.45) is 3.78. The Balaban J connectivity index is 1.50. The molecule has 7 heteroatoms. The first-order valence-electron chi connectivity index (χ1n) is 9.88. The highest BCUT2D eigenvalue weighted by molar-refractivity contribution is 6.07. The van der Waals surface area contributed by atoms with E-state index in [0.29, 0.717) is 6.54 Å². The lowest BCUT2D eigenvalue weighted by Gasteiger charge is -2.10. The molecule has 0 aliphatic heterocycles. The largest absolute Gasteiger partial charge is 0.371 e. The second kappa shape index (κ2) is 6.34. The Morgan fingerprint density at radius 2 is 2.14 bits per heavy atom. The maximum absolute atomic E-state index is 12.2. The molecular formula is C22H24N6O. The first kappa shape index (κ1) is 17.7. The number of carbonyl (C=O) groups is 1. The maximum Gasteiger partial charge on any atom is 0.226 e. The number of aryl methyl sites for hydroxylation is 1. The highest BCUT2D eigenvalue weighted by Gasteiger charge is 2.44. The van der Waals surface area contributed by atoms with E-state index in [0.717, 1.165) is 57.5 Å². The summed E-state index contributed by atoms with van der Waals surface area (Å²) in [5.74, 6) is 0.905. The Labute approximate surface area is 168 Å². The summed E-state index contributed by atoms with van der Waals surface area (Å²) in [5, 5.41) is 7.24. The number of nitrogens with one attached hydrogen (secondary N) is 3. The van der Waals surface area contributed by atoms with Crippen molar-refractivity contribution >= 4 is 33.8 Å². The topological polar surface area (TPSA) is 87.6 Å². The van der Waals surface area contributed by atoms with Gasteiger partial charge in [-0.1, -0.05) is 25.1 Å². The maximum atomic E-state index is 12.2. The van der Waals surface area contributed by atoms with Crippen LogP contribution in [0, 0.1) is 5.41 Å². The standard InChI is InChI=1S/C22H24N6O/c1-22(7-8-22)21(29)24-11-13-5-4-6-14(9-13)16-10-15-18-17(25-12-28(18)3)20(23-2)27-19(15)26-16/h4-6,9-10,12H,7-8,11H2,1-3H3,(H,24,29)(H2,23,26,27). The number of fused-ring (bicyclic) bond motifs is 3. The van der Waals surface area contributed by atoms with Crippen LogP contribution in [0.1, 0.15) is 25.3 Å². The van der Waals surface area contributed by atoms with Crippen molar-refractivity contribution in [2.45, 2.75) is 26.3 Å². The second-order valence-corrected chi connectivity index (χ2v) is 8.15. The summed E-state index contributed by atoms with van der Waals surface area (Å²) in [5.41, 5.74) is 5.70. The number of benzene rings is 1. The minimum Gasteiger partial charge on any atom is -0.371 e. The van der Waals surface area contributed by atoms with Gasteiger partial charge in [-0.25, -0.2) is 9.97 Å². The van der Waals surface area contributed by atoms with Gasteiger partial charge in [-0.15, -0.1) is 0 Å². The smallest absolute Gasteiger partial charge is 0.226 e. The van der Waals surface area contributed by atoms with Gasteiger partial charge in [0.15, 0.2) is 5.82 Å². The normalized spacial score (nSPS) is 15.0. The van der Waals surface area contributed by atoms with Crippen LogP contribution >= 0.6 is 0 Å². The number of hydrogen-bond donors (Lipinski definition) is 3. The van der Waals surface area contributed by atoms with E-state index in [9.17, 15) is 4.79 Å². The third kappa shape index (κ3) is 2.93. The van der Waals surface area contributed by atoms with Crippen LogP contribution in [0.2, 0.25) is 0 Å². The van der Waals surface area contributed by atoms with Crippen molar-refractivity contribution < 1.29 is 4.79 Å². The van der Waals surface area contributed by atoms with Crippen LogP contribution in [0.25, 0.3) is 33.3 Å². The van der Waals surface area contributed by atoms with Gasteiger partial charge in [0.2, 0.25) is 5.91 Å². The molecule has 148 valence electrons. The third-order valence-electron chi connectivity index (χ3n) is 5.91. The average Bonchev–Trinajstić information content (AvgIpc) is 3.17. The van der Waals surface area contributed by atoms with Gasteiger partial charge in [-0.2, -0.15) is 0 Å². The molecule has 1 amide bonds. The summed E-state index contributed by atoms with van der Waals surface area (Å²) < 4.78 is 2.02. The monoisotopic (exact) mass is 388 g/mol. The van der Waals surface area contributed by atoms with Crippen LogP contribution in [-0.4, -0.2) is 32.5 Å². The number of amides is 1. The van der Waals surface area contributed by atoms with Gasteiger partial charge < -0.3 is 20.2 Å². The molecule has 5 rings (SSSR count). The van der Waals surface area contributed by atoms with Crippen LogP contribution < -0.4 is 10.6 Å². The zero-order chi connectivity index (χ0) is 20.2. The quantitative estimate of drug-likeness (QED) is 0.488. The first-order valence-corrected chi connectivity index (χ1v) is 9.88. The number of carbonyl (C=O) groups excluding carboxylic acids is 1. The molecule has 1 saturated carbocycles. The highest BCUT2D eigenvalue weighted by Crippen LogP contribution is 2.45. The Hall–Kier alpha value is -3.35. The van der Waals surface area contributed by atoms with Crippen molar-refractivity contribution in [3.05, 3.63) is 42.2 Å². The van der Waals surface area contributed by atoms with E-state index in [-0.39, 0.29) is 11.3 Å². The van der Waals surface area contributed by atoms with Crippen molar-refractivity contribution in [2.75, 3.05) is 12.4 Å². The molecule has 0 radical (unpaired) electrons. The van der Waals surface area contributed by atoms with Crippen molar-refractivity contribution in [2.24, 2.45) is 12.5 Å². The average molecular weight is 388 g/mol. The molecule has 1 aliphatic carbocycles. The molecule has 3 N–H and O–H groups in total. The van der Waals surface area contributed by atoms with Crippen LogP contribution in [0.15, 0.2) is 36.7 Å². The number of hydrogen-bond acceptors (Lipinski definition) is 4. The number of rotatable bonds is 5. The summed E-state index contributed by atoms with van der Waals surface area (Å²) in [7, 11) is 3.84. The van der Waals surface area contributed by atoms with E-state index in [2.05, 4.69) is 38.8 Å². The zero-order valence-electron chi connectivity index (χ0n) is 16.8. The third-order valence-corrected chi connectivity index (χ3v) is 5.91. The zero-order valence-corrected chi connectivity index (χ0v) is 16.8.